The second-order valence-electron chi connectivity index (χ2n) is 8.39. The maximum absolute atomic E-state index is 12.3. The fourth-order valence-corrected chi connectivity index (χ4v) is 3.40. The average Bonchev–Trinajstić information content (AvgIpc) is 3.04. The topological polar surface area (TPSA) is 59.8 Å². The Balaban J connectivity index is 1.58. The minimum atomic E-state index is 0.0465. The Morgan fingerprint density at radius 1 is 1.10 bits per heavy atom. The number of carbonyl (C=O) groups is 1. The van der Waals surface area contributed by atoms with Crippen LogP contribution in [0.2, 0.25) is 0 Å². The average molecular weight is 393 g/mol. The molecule has 0 saturated heterocycles. The number of imidazole rings is 1. The third-order valence-corrected chi connectivity index (χ3v) is 5.18. The number of rotatable bonds is 9. The lowest BCUT2D eigenvalue weighted by atomic mass is 10.0. The first-order valence-electron chi connectivity index (χ1n) is 10.6. The Kier molecular flexibility index (Phi) is 7.02. The quantitative estimate of drug-likeness (QED) is 0.518. The van der Waals surface area contributed by atoms with Gasteiger partial charge in [0.25, 0.3) is 0 Å². The van der Waals surface area contributed by atoms with Gasteiger partial charge >= 0.3 is 0 Å². The van der Waals surface area contributed by atoms with Gasteiger partial charge in [0.2, 0.25) is 5.91 Å². The normalized spacial score (nSPS) is 11.5. The summed E-state index contributed by atoms with van der Waals surface area (Å²) in [7, 11) is 0. The first-order chi connectivity index (χ1) is 13.9. The molecule has 0 unspecified atom stereocenters. The van der Waals surface area contributed by atoms with E-state index in [9.17, 15) is 4.79 Å². The summed E-state index contributed by atoms with van der Waals surface area (Å²) < 4.78 is 2.22. The number of benzene rings is 1. The highest BCUT2D eigenvalue weighted by Gasteiger charge is 2.13. The summed E-state index contributed by atoms with van der Waals surface area (Å²) in [5.41, 5.74) is 4.00. The summed E-state index contributed by atoms with van der Waals surface area (Å²) in [6, 6.07) is 12.0. The monoisotopic (exact) mass is 392 g/mol. The molecular weight excluding hydrogens is 360 g/mol. The first kappa shape index (κ1) is 21.0. The molecule has 2 aromatic heterocycles. The second kappa shape index (κ2) is 9.68. The van der Waals surface area contributed by atoms with Crippen LogP contribution in [0.15, 0.2) is 42.6 Å². The van der Waals surface area contributed by atoms with Crippen LogP contribution < -0.4 is 5.32 Å². The van der Waals surface area contributed by atoms with Crippen molar-refractivity contribution < 1.29 is 4.79 Å². The molecule has 0 saturated carbocycles. The molecule has 154 valence electrons. The summed E-state index contributed by atoms with van der Waals surface area (Å²) in [5, 5.41) is 3.00. The number of nitrogens with one attached hydrogen (secondary N) is 1. The fraction of sp³-hybridized carbons (Fsp3) is 0.458. The predicted molar refractivity (Wildman–Crippen MR) is 119 cm³/mol. The molecule has 1 N–H and O–H groups in total. The van der Waals surface area contributed by atoms with Crippen molar-refractivity contribution in [3.05, 3.63) is 54.0 Å². The third-order valence-electron chi connectivity index (χ3n) is 5.18. The molecule has 0 radical (unpaired) electrons. The molecule has 5 nitrogen and oxygen atoms in total. The van der Waals surface area contributed by atoms with Crippen molar-refractivity contribution >= 4 is 22.8 Å². The van der Waals surface area contributed by atoms with Gasteiger partial charge in [-0.15, -0.1) is 0 Å². The number of nitrogens with zero attached hydrogens (tertiary/aromatic N) is 3. The molecule has 0 bridgehead atoms. The van der Waals surface area contributed by atoms with Crippen LogP contribution in [0.4, 0.5) is 5.69 Å². The maximum Gasteiger partial charge on any atom is 0.224 e. The van der Waals surface area contributed by atoms with E-state index in [1.165, 1.54) is 5.56 Å². The lowest BCUT2D eigenvalue weighted by molar-refractivity contribution is -0.116. The van der Waals surface area contributed by atoms with E-state index in [1.807, 2.05) is 30.5 Å². The largest absolute Gasteiger partial charge is 0.326 e. The molecule has 0 fully saturated rings. The SMILES string of the molecule is CC(C)CCn1c(CCCC(=O)Nc2ccc(C(C)C)cc2)nc2cccnc21. The Morgan fingerprint density at radius 2 is 1.86 bits per heavy atom. The summed E-state index contributed by atoms with van der Waals surface area (Å²) >= 11 is 0. The van der Waals surface area contributed by atoms with Crippen LogP contribution in [0, 0.1) is 5.92 Å². The van der Waals surface area contributed by atoms with Crippen LogP contribution in [-0.2, 0) is 17.8 Å². The number of fused-ring (bicyclic) bond motifs is 1. The van der Waals surface area contributed by atoms with Crippen molar-refractivity contribution in [3.63, 3.8) is 0 Å². The van der Waals surface area contributed by atoms with Crippen molar-refractivity contribution in [2.24, 2.45) is 5.92 Å². The minimum absolute atomic E-state index is 0.0465. The van der Waals surface area contributed by atoms with Crippen molar-refractivity contribution in [2.45, 2.75) is 65.8 Å². The lowest BCUT2D eigenvalue weighted by Gasteiger charge is -2.11. The van der Waals surface area contributed by atoms with Crippen molar-refractivity contribution in [1.29, 1.82) is 0 Å². The van der Waals surface area contributed by atoms with Gasteiger partial charge in [-0.3, -0.25) is 4.79 Å². The van der Waals surface area contributed by atoms with Crippen LogP contribution >= 0.6 is 0 Å². The van der Waals surface area contributed by atoms with Crippen molar-refractivity contribution in [3.8, 4) is 0 Å². The van der Waals surface area contributed by atoms with Crippen molar-refractivity contribution in [2.75, 3.05) is 5.32 Å². The fourth-order valence-electron chi connectivity index (χ4n) is 3.40. The third kappa shape index (κ3) is 5.66. The second-order valence-corrected chi connectivity index (χ2v) is 8.39. The van der Waals surface area contributed by atoms with Gasteiger partial charge < -0.3 is 9.88 Å². The van der Waals surface area contributed by atoms with Crippen LogP contribution in [0.5, 0.6) is 0 Å². The number of anilines is 1. The molecule has 0 aliphatic carbocycles. The van der Waals surface area contributed by atoms with Gasteiger partial charge in [-0.2, -0.15) is 0 Å². The Labute approximate surface area is 173 Å². The molecule has 3 aromatic rings. The van der Waals surface area contributed by atoms with Gasteiger partial charge in [0.05, 0.1) is 0 Å². The zero-order valence-corrected chi connectivity index (χ0v) is 18.0. The Morgan fingerprint density at radius 3 is 2.55 bits per heavy atom. The molecule has 0 aliphatic heterocycles. The molecule has 0 atom stereocenters. The zero-order chi connectivity index (χ0) is 20.8. The summed E-state index contributed by atoms with van der Waals surface area (Å²) in [5.74, 6) is 2.18. The summed E-state index contributed by atoms with van der Waals surface area (Å²) in [6.45, 7) is 9.69. The molecule has 1 aromatic carbocycles. The molecular formula is C24H32N4O. The highest BCUT2D eigenvalue weighted by Crippen LogP contribution is 2.19. The van der Waals surface area contributed by atoms with Crippen LogP contribution in [-0.4, -0.2) is 20.4 Å². The van der Waals surface area contributed by atoms with Gasteiger partial charge in [0.1, 0.15) is 11.3 Å². The van der Waals surface area contributed by atoms with Crippen LogP contribution in [0.1, 0.15) is 64.3 Å². The maximum atomic E-state index is 12.3. The molecule has 1 amide bonds. The molecule has 0 aliphatic rings. The molecule has 2 heterocycles. The van der Waals surface area contributed by atoms with E-state index >= 15 is 0 Å². The minimum Gasteiger partial charge on any atom is -0.326 e. The Hall–Kier alpha value is -2.69. The number of amides is 1. The zero-order valence-electron chi connectivity index (χ0n) is 18.0. The van der Waals surface area contributed by atoms with E-state index < -0.39 is 0 Å². The number of pyridine rings is 1. The van der Waals surface area contributed by atoms with Crippen molar-refractivity contribution in [1.82, 2.24) is 14.5 Å². The first-order valence-corrected chi connectivity index (χ1v) is 10.6. The number of hydrogen-bond acceptors (Lipinski definition) is 3. The van der Waals surface area contributed by atoms with Gasteiger partial charge in [0, 0.05) is 31.3 Å². The molecule has 3 rings (SSSR count). The molecule has 5 heteroatoms. The summed E-state index contributed by atoms with van der Waals surface area (Å²) in [4.78, 5) is 21.6. The summed E-state index contributed by atoms with van der Waals surface area (Å²) in [6.07, 6.45) is 4.92. The highest BCUT2D eigenvalue weighted by molar-refractivity contribution is 5.90. The van der Waals surface area contributed by atoms with E-state index in [0.717, 1.165) is 48.5 Å². The molecule has 0 spiro atoms. The number of aryl methyl sites for hydroxylation is 2. The van der Waals surface area contributed by atoms with E-state index in [2.05, 4.69) is 54.7 Å². The van der Waals surface area contributed by atoms with E-state index in [-0.39, 0.29) is 5.91 Å². The predicted octanol–water partition coefficient (Wildman–Crippen LogP) is 5.56. The number of hydrogen-bond donors (Lipinski definition) is 1. The number of carbonyl (C=O) groups excluding carboxylic acids is 1. The van der Waals surface area contributed by atoms with Gasteiger partial charge in [-0.1, -0.05) is 39.8 Å². The van der Waals surface area contributed by atoms with Crippen LogP contribution in [0.3, 0.4) is 0 Å². The smallest absolute Gasteiger partial charge is 0.224 e. The Bertz CT molecular complexity index is 941. The highest BCUT2D eigenvalue weighted by atomic mass is 16.1. The molecule has 29 heavy (non-hydrogen) atoms. The van der Waals surface area contributed by atoms with Gasteiger partial charge in [-0.05, 0) is 54.5 Å². The van der Waals surface area contributed by atoms with E-state index in [4.69, 9.17) is 4.98 Å². The van der Waals surface area contributed by atoms with E-state index in [0.29, 0.717) is 18.3 Å². The van der Waals surface area contributed by atoms with Gasteiger partial charge in [0.15, 0.2) is 5.65 Å². The lowest BCUT2D eigenvalue weighted by Crippen LogP contribution is -2.12. The van der Waals surface area contributed by atoms with Crippen LogP contribution in [0.25, 0.3) is 11.2 Å². The standard InChI is InChI=1S/C24H32N4O/c1-17(2)14-16-28-22(27-21-7-6-15-25-24(21)28)8-5-9-23(29)26-20-12-10-19(11-13-20)18(3)4/h6-7,10-13,15,17-18H,5,8-9,14,16H2,1-4H3,(H,26,29). The number of aromatic nitrogens is 3. The van der Waals surface area contributed by atoms with Gasteiger partial charge in [-0.25, -0.2) is 9.97 Å². The van der Waals surface area contributed by atoms with E-state index in [1.54, 1.807) is 0 Å².